The molecule has 1 aliphatic heterocycles. The second-order valence-corrected chi connectivity index (χ2v) is 4.05. The Hall–Kier alpha value is -1.88. The van der Waals surface area contributed by atoms with Gasteiger partial charge in [-0.25, -0.2) is 9.80 Å². The predicted molar refractivity (Wildman–Crippen MR) is 66.3 cm³/mol. The van der Waals surface area contributed by atoms with Crippen molar-refractivity contribution in [2.75, 3.05) is 18.4 Å². The molecule has 0 spiro atoms. The highest BCUT2D eigenvalue weighted by Crippen LogP contribution is 2.07. The zero-order valence-corrected chi connectivity index (χ0v) is 9.81. The maximum absolute atomic E-state index is 11.7. The molecule has 0 radical (unpaired) electrons. The molecule has 0 bridgehead atoms. The zero-order chi connectivity index (χ0) is 12.1. The molecular formula is C12H16N4O. The van der Waals surface area contributed by atoms with E-state index in [2.05, 4.69) is 28.7 Å². The topological polar surface area (TPSA) is 57.3 Å². The summed E-state index contributed by atoms with van der Waals surface area (Å²) in [7, 11) is 0. The first-order chi connectivity index (χ1) is 8.24. The molecular weight excluding hydrogens is 216 g/mol. The molecule has 5 heteroatoms. The number of carbonyl (C=O) groups is 1. The first-order valence-corrected chi connectivity index (χ1v) is 5.62. The van der Waals surface area contributed by atoms with E-state index in [4.69, 9.17) is 0 Å². The molecule has 0 fully saturated rings. The maximum atomic E-state index is 11.7. The average Bonchev–Trinajstić information content (AvgIpc) is 2.33. The number of hydrazine groups is 1. The number of anilines is 1. The van der Waals surface area contributed by atoms with Gasteiger partial charge in [0.15, 0.2) is 0 Å². The number of carbonyl (C=O) groups excluding carboxylic acids is 1. The highest BCUT2D eigenvalue weighted by Gasteiger charge is 2.11. The van der Waals surface area contributed by atoms with Crippen molar-refractivity contribution in [1.82, 2.24) is 15.4 Å². The van der Waals surface area contributed by atoms with E-state index in [1.165, 1.54) is 5.57 Å². The van der Waals surface area contributed by atoms with Crippen LogP contribution in [0.5, 0.6) is 0 Å². The second kappa shape index (κ2) is 5.45. The highest BCUT2D eigenvalue weighted by atomic mass is 16.2. The van der Waals surface area contributed by atoms with Crippen molar-refractivity contribution in [1.29, 1.82) is 0 Å². The third-order valence-corrected chi connectivity index (χ3v) is 2.63. The molecule has 1 aromatic rings. The molecule has 90 valence electrons. The van der Waals surface area contributed by atoms with E-state index < -0.39 is 0 Å². The summed E-state index contributed by atoms with van der Waals surface area (Å²) in [5.41, 5.74) is 4.92. The fourth-order valence-electron chi connectivity index (χ4n) is 1.61. The Balaban J connectivity index is 1.82. The smallest absolute Gasteiger partial charge is 0.307 e. The lowest BCUT2D eigenvalue weighted by atomic mass is 10.1. The molecule has 2 amide bonds. The monoisotopic (exact) mass is 232 g/mol. The van der Waals surface area contributed by atoms with Gasteiger partial charge in [-0.2, -0.15) is 0 Å². The van der Waals surface area contributed by atoms with Gasteiger partial charge in [-0.05, 0) is 25.5 Å². The molecule has 0 atom stereocenters. The standard InChI is InChI=1S/C12H16N4O/c1-10-4-8-16(9-5-10)15-12(17)14-11-2-6-13-7-3-11/h2-4,6-7H,5,8-9H2,1H3,(H2,13,14,15,17). The summed E-state index contributed by atoms with van der Waals surface area (Å²) in [6, 6.07) is 3.28. The van der Waals surface area contributed by atoms with E-state index in [9.17, 15) is 4.79 Å². The Kier molecular flexibility index (Phi) is 3.72. The van der Waals surface area contributed by atoms with Crippen molar-refractivity contribution in [3.8, 4) is 0 Å². The normalized spacial score (nSPS) is 16.2. The van der Waals surface area contributed by atoms with Gasteiger partial charge in [0, 0.05) is 31.2 Å². The van der Waals surface area contributed by atoms with E-state index in [0.29, 0.717) is 0 Å². The Morgan fingerprint density at radius 2 is 2.18 bits per heavy atom. The van der Waals surface area contributed by atoms with Gasteiger partial charge < -0.3 is 5.32 Å². The zero-order valence-electron chi connectivity index (χ0n) is 9.81. The van der Waals surface area contributed by atoms with Crippen molar-refractivity contribution >= 4 is 11.7 Å². The van der Waals surface area contributed by atoms with Crippen LogP contribution in [0.4, 0.5) is 10.5 Å². The minimum Gasteiger partial charge on any atom is -0.307 e. The quantitative estimate of drug-likeness (QED) is 0.764. The van der Waals surface area contributed by atoms with Gasteiger partial charge in [-0.15, -0.1) is 0 Å². The van der Waals surface area contributed by atoms with Gasteiger partial charge in [0.2, 0.25) is 0 Å². The molecule has 1 aromatic heterocycles. The van der Waals surface area contributed by atoms with Crippen LogP contribution in [0.3, 0.4) is 0 Å². The Morgan fingerprint density at radius 1 is 1.41 bits per heavy atom. The minimum atomic E-state index is -0.218. The molecule has 0 saturated heterocycles. The van der Waals surface area contributed by atoms with Gasteiger partial charge >= 0.3 is 6.03 Å². The van der Waals surface area contributed by atoms with Crippen molar-refractivity contribution in [3.63, 3.8) is 0 Å². The fourth-order valence-corrected chi connectivity index (χ4v) is 1.61. The Bertz CT molecular complexity index is 416. The third kappa shape index (κ3) is 3.57. The Morgan fingerprint density at radius 3 is 2.82 bits per heavy atom. The van der Waals surface area contributed by atoms with E-state index in [0.717, 1.165) is 25.2 Å². The maximum Gasteiger partial charge on any atom is 0.333 e. The van der Waals surface area contributed by atoms with Gasteiger partial charge in [0.1, 0.15) is 0 Å². The lowest BCUT2D eigenvalue weighted by molar-refractivity contribution is 0.194. The summed E-state index contributed by atoms with van der Waals surface area (Å²) in [5.74, 6) is 0. The van der Waals surface area contributed by atoms with Crippen molar-refractivity contribution in [2.24, 2.45) is 0 Å². The predicted octanol–water partition coefficient (Wildman–Crippen LogP) is 1.77. The first-order valence-electron chi connectivity index (χ1n) is 5.62. The number of urea groups is 1. The van der Waals surface area contributed by atoms with Gasteiger partial charge in [-0.3, -0.25) is 10.4 Å². The number of nitrogens with zero attached hydrogens (tertiary/aromatic N) is 2. The van der Waals surface area contributed by atoms with Gasteiger partial charge in [0.05, 0.1) is 0 Å². The molecule has 2 rings (SSSR count). The van der Waals surface area contributed by atoms with E-state index in [1.54, 1.807) is 24.5 Å². The van der Waals surface area contributed by atoms with Crippen molar-refractivity contribution < 1.29 is 4.79 Å². The summed E-state index contributed by atoms with van der Waals surface area (Å²) in [4.78, 5) is 15.5. The summed E-state index contributed by atoms with van der Waals surface area (Å²) in [6.07, 6.45) is 6.40. The SMILES string of the molecule is CC1=CCN(NC(=O)Nc2ccncc2)CC1. The minimum absolute atomic E-state index is 0.218. The number of rotatable bonds is 2. The van der Waals surface area contributed by atoms with Gasteiger partial charge in [0.25, 0.3) is 0 Å². The number of nitrogens with one attached hydrogen (secondary N) is 2. The molecule has 17 heavy (non-hydrogen) atoms. The third-order valence-electron chi connectivity index (χ3n) is 2.63. The lowest BCUT2D eigenvalue weighted by Crippen LogP contribution is -2.46. The molecule has 5 nitrogen and oxygen atoms in total. The first kappa shape index (κ1) is 11.6. The molecule has 0 aromatic carbocycles. The highest BCUT2D eigenvalue weighted by molar-refractivity contribution is 5.88. The average molecular weight is 232 g/mol. The van der Waals surface area contributed by atoms with Crippen molar-refractivity contribution in [3.05, 3.63) is 36.2 Å². The van der Waals surface area contributed by atoms with E-state index >= 15 is 0 Å². The van der Waals surface area contributed by atoms with Crippen LogP contribution in [0.15, 0.2) is 36.2 Å². The summed E-state index contributed by atoms with van der Waals surface area (Å²) < 4.78 is 0. The van der Waals surface area contributed by atoms with Crippen LogP contribution in [-0.4, -0.2) is 29.1 Å². The van der Waals surface area contributed by atoms with E-state index in [1.807, 2.05) is 5.01 Å². The lowest BCUT2D eigenvalue weighted by Gasteiger charge is -2.25. The molecule has 2 N–H and O–H groups in total. The van der Waals surface area contributed by atoms with Crippen LogP contribution in [0.1, 0.15) is 13.3 Å². The summed E-state index contributed by atoms with van der Waals surface area (Å²) in [5, 5.41) is 4.64. The second-order valence-electron chi connectivity index (χ2n) is 4.05. The number of amides is 2. The largest absolute Gasteiger partial charge is 0.333 e. The Labute approximate surface area is 101 Å². The number of pyridine rings is 1. The van der Waals surface area contributed by atoms with Crippen LogP contribution >= 0.6 is 0 Å². The van der Waals surface area contributed by atoms with Crippen LogP contribution in [0.2, 0.25) is 0 Å². The summed E-state index contributed by atoms with van der Waals surface area (Å²) >= 11 is 0. The molecule has 2 heterocycles. The van der Waals surface area contributed by atoms with Crippen molar-refractivity contribution in [2.45, 2.75) is 13.3 Å². The molecule has 0 saturated carbocycles. The molecule has 0 unspecified atom stereocenters. The number of hydrogen-bond donors (Lipinski definition) is 2. The fraction of sp³-hybridized carbons (Fsp3) is 0.333. The molecule has 0 aliphatic carbocycles. The number of aromatic nitrogens is 1. The van der Waals surface area contributed by atoms with Gasteiger partial charge in [-0.1, -0.05) is 11.6 Å². The van der Waals surface area contributed by atoms with E-state index in [-0.39, 0.29) is 6.03 Å². The van der Waals surface area contributed by atoms with Crippen LogP contribution in [0.25, 0.3) is 0 Å². The van der Waals surface area contributed by atoms with Crippen LogP contribution in [-0.2, 0) is 0 Å². The number of hydrogen-bond acceptors (Lipinski definition) is 3. The summed E-state index contributed by atoms with van der Waals surface area (Å²) in [6.45, 7) is 3.72. The molecule has 1 aliphatic rings. The van der Waals surface area contributed by atoms with Crippen LogP contribution < -0.4 is 10.7 Å². The van der Waals surface area contributed by atoms with Crippen LogP contribution in [0, 0.1) is 0 Å².